The highest BCUT2D eigenvalue weighted by Gasteiger charge is 2.25. The first-order valence-electron chi connectivity index (χ1n) is 12.4. The van der Waals surface area contributed by atoms with Gasteiger partial charge in [-0.15, -0.1) is 0 Å². The third-order valence-electron chi connectivity index (χ3n) is 5.78. The summed E-state index contributed by atoms with van der Waals surface area (Å²) in [4.78, 5) is 47.7. The van der Waals surface area contributed by atoms with E-state index >= 15 is 0 Å². The average Bonchev–Trinajstić information content (AvgIpc) is 2.89. The number of para-hydroxylation sites is 1. The molecule has 4 aromatic rings. The Morgan fingerprint density at radius 2 is 1.76 bits per heavy atom. The minimum Gasteiger partial charge on any atom is -0.478 e. The third-order valence-corrected chi connectivity index (χ3v) is 6.93. The van der Waals surface area contributed by atoms with E-state index in [1.807, 2.05) is 0 Å². The van der Waals surface area contributed by atoms with Crippen LogP contribution in [-0.4, -0.2) is 53.3 Å². The Labute approximate surface area is 236 Å². The van der Waals surface area contributed by atoms with Crippen molar-refractivity contribution in [3.63, 3.8) is 0 Å². The van der Waals surface area contributed by atoms with Crippen molar-refractivity contribution in [2.24, 2.45) is 0 Å². The number of hydrogen-bond donors (Lipinski definition) is 2. The normalized spacial score (nSPS) is 11.6. The Morgan fingerprint density at radius 3 is 2.39 bits per heavy atom. The molecule has 0 atom stereocenters. The molecule has 0 radical (unpaired) electrons. The number of sulfone groups is 1. The van der Waals surface area contributed by atoms with Crippen LogP contribution in [0, 0.1) is 0 Å². The van der Waals surface area contributed by atoms with Gasteiger partial charge in [-0.2, -0.15) is 0 Å². The van der Waals surface area contributed by atoms with Crippen LogP contribution < -0.4 is 10.2 Å². The largest absolute Gasteiger partial charge is 0.478 e. The topological polar surface area (TPSA) is 156 Å². The minimum atomic E-state index is -3.71. The molecular formula is C29H28N4O7S. The van der Waals surface area contributed by atoms with E-state index in [1.165, 1.54) is 35.5 Å². The maximum Gasteiger partial charge on any atom is 0.413 e. The molecule has 0 saturated carbocycles. The number of fused-ring (bicyclic) bond motifs is 1. The highest BCUT2D eigenvalue weighted by molar-refractivity contribution is 7.90. The first kappa shape index (κ1) is 29.2. The number of carbonyl (C=O) groups excluding carboxylic acids is 2. The quantitative estimate of drug-likeness (QED) is 0.311. The summed E-state index contributed by atoms with van der Waals surface area (Å²) in [5.74, 6) is -1.76. The maximum atomic E-state index is 13.7. The van der Waals surface area contributed by atoms with Gasteiger partial charge in [-0.1, -0.05) is 24.3 Å². The number of carbonyl (C=O) groups is 3. The van der Waals surface area contributed by atoms with Gasteiger partial charge in [0.25, 0.3) is 5.91 Å². The lowest BCUT2D eigenvalue weighted by atomic mass is 10.1. The number of carboxylic acids is 1. The van der Waals surface area contributed by atoms with Crippen LogP contribution >= 0.6 is 0 Å². The fraction of sp³-hybridized carbons (Fsp3) is 0.207. The fourth-order valence-electron chi connectivity index (χ4n) is 4.11. The summed E-state index contributed by atoms with van der Waals surface area (Å²) in [5, 5.41) is 12.6. The summed E-state index contributed by atoms with van der Waals surface area (Å²) in [5.41, 5.74) is 0.291. The predicted molar refractivity (Wildman–Crippen MR) is 153 cm³/mol. The van der Waals surface area contributed by atoms with Gasteiger partial charge >= 0.3 is 12.1 Å². The molecule has 0 aliphatic heterocycles. The molecule has 2 N–H and O–H groups in total. The van der Waals surface area contributed by atoms with Gasteiger partial charge < -0.3 is 14.7 Å². The first-order valence-corrected chi connectivity index (χ1v) is 14.3. The summed E-state index contributed by atoms with van der Waals surface area (Å²) < 4.78 is 30.4. The summed E-state index contributed by atoms with van der Waals surface area (Å²) in [6, 6.07) is 15.3. The lowest BCUT2D eigenvalue weighted by molar-refractivity contribution is 0.0632. The van der Waals surface area contributed by atoms with E-state index in [0.29, 0.717) is 10.9 Å². The second-order valence-corrected chi connectivity index (χ2v) is 12.2. The molecule has 0 spiro atoms. The van der Waals surface area contributed by atoms with Crippen LogP contribution in [0.25, 0.3) is 10.9 Å². The highest BCUT2D eigenvalue weighted by atomic mass is 32.2. The SMILES string of the molecule is CC(C)(C)OC(=O)Nc1cc(C(=O)O)c2ccc(CN(C(=O)c3cccnc3)c3ccccc3S(C)(=O)=O)cc2n1. The molecular weight excluding hydrogens is 548 g/mol. The zero-order valence-electron chi connectivity index (χ0n) is 22.8. The molecule has 0 unspecified atom stereocenters. The van der Waals surface area contributed by atoms with Crippen molar-refractivity contribution in [3.05, 3.63) is 89.7 Å². The van der Waals surface area contributed by atoms with E-state index in [9.17, 15) is 27.9 Å². The number of nitrogens with one attached hydrogen (secondary N) is 1. The standard InChI is InChI=1S/C29H28N4O7S/c1-29(2,3)40-28(37)32-25-15-21(27(35)36)20-12-11-18(14-22(20)31-25)17-33(26(34)19-8-7-13-30-16-19)23-9-5-6-10-24(23)41(4,38)39/h5-16H,17H2,1-4H3,(H,35,36)(H,31,32,37). The number of nitrogens with zero attached hydrogens (tertiary/aromatic N) is 3. The van der Waals surface area contributed by atoms with Crippen molar-refractivity contribution >= 4 is 50.2 Å². The number of carboxylic acid groups (broad SMARTS) is 1. The third kappa shape index (κ3) is 7.03. The first-order chi connectivity index (χ1) is 19.2. The van der Waals surface area contributed by atoms with E-state index in [1.54, 1.807) is 63.2 Å². The summed E-state index contributed by atoms with van der Waals surface area (Å²) in [6.45, 7) is 4.99. The van der Waals surface area contributed by atoms with Crippen LogP contribution in [0.1, 0.15) is 47.1 Å². The fourth-order valence-corrected chi connectivity index (χ4v) is 4.99. The smallest absolute Gasteiger partial charge is 0.413 e. The van der Waals surface area contributed by atoms with Crippen molar-refractivity contribution in [2.45, 2.75) is 37.8 Å². The Bertz CT molecular complexity index is 1750. The van der Waals surface area contributed by atoms with Crippen LogP contribution in [0.15, 0.2) is 78.0 Å². The predicted octanol–water partition coefficient (Wildman–Crippen LogP) is 4.93. The molecule has 0 aliphatic rings. The van der Waals surface area contributed by atoms with Crippen LogP contribution in [0.3, 0.4) is 0 Å². The second-order valence-electron chi connectivity index (χ2n) is 10.2. The number of hydrogen-bond acceptors (Lipinski definition) is 8. The number of rotatable bonds is 7. The van der Waals surface area contributed by atoms with Gasteiger partial charge in [0.2, 0.25) is 0 Å². The number of pyridine rings is 2. The van der Waals surface area contributed by atoms with Crippen molar-refractivity contribution in [3.8, 4) is 0 Å². The number of anilines is 2. The molecule has 2 aromatic heterocycles. The Balaban J connectivity index is 1.80. The van der Waals surface area contributed by atoms with Crippen LogP contribution in [-0.2, 0) is 21.1 Å². The Hall–Kier alpha value is -4.84. The van der Waals surface area contributed by atoms with Crippen LogP contribution in [0.2, 0.25) is 0 Å². The van der Waals surface area contributed by atoms with Crippen molar-refractivity contribution in [1.82, 2.24) is 9.97 Å². The van der Waals surface area contributed by atoms with E-state index in [4.69, 9.17) is 4.74 Å². The van der Waals surface area contributed by atoms with E-state index in [-0.39, 0.29) is 39.6 Å². The molecule has 0 aliphatic carbocycles. The molecule has 2 heterocycles. The number of aromatic carboxylic acids is 1. The zero-order valence-corrected chi connectivity index (χ0v) is 23.6. The lowest BCUT2D eigenvalue weighted by Gasteiger charge is -2.25. The van der Waals surface area contributed by atoms with Gasteiger partial charge in [0.05, 0.1) is 33.8 Å². The number of aromatic nitrogens is 2. The highest BCUT2D eigenvalue weighted by Crippen LogP contribution is 2.30. The summed E-state index contributed by atoms with van der Waals surface area (Å²) in [7, 11) is -3.71. The lowest BCUT2D eigenvalue weighted by Crippen LogP contribution is -2.31. The second kappa shape index (κ2) is 11.3. The van der Waals surface area contributed by atoms with Gasteiger partial charge in [-0.3, -0.25) is 15.1 Å². The van der Waals surface area contributed by atoms with Gasteiger partial charge in [-0.25, -0.2) is 23.0 Å². The van der Waals surface area contributed by atoms with Crippen molar-refractivity contribution in [2.75, 3.05) is 16.5 Å². The molecule has 212 valence electrons. The Kier molecular flexibility index (Phi) is 8.06. The number of benzene rings is 2. The average molecular weight is 577 g/mol. The number of ether oxygens (including phenoxy) is 1. The van der Waals surface area contributed by atoms with E-state index < -0.39 is 33.4 Å². The van der Waals surface area contributed by atoms with Gasteiger partial charge in [0.1, 0.15) is 11.4 Å². The molecule has 0 bridgehead atoms. The summed E-state index contributed by atoms with van der Waals surface area (Å²) in [6.07, 6.45) is 3.16. The molecule has 0 fully saturated rings. The molecule has 4 rings (SSSR count). The van der Waals surface area contributed by atoms with Crippen molar-refractivity contribution < 1.29 is 32.6 Å². The molecule has 12 heteroatoms. The monoisotopic (exact) mass is 576 g/mol. The summed E-state index contributed by atoms with van der Waals surface area (Å²) >= 11 is 0. The molecule has 2 amide bonds. The molecule has 0 saturated heterocycles. The van der Waals surface area contributed by atoms with Gasteiger partial charge in [-0.05, 0) is 62.7 Å². The number of amides is 2. The minimum absolute atomic E-state index is 0.0341. The van der Waals surface area contributed by atoms with Crippen LogP contribution in [0.4, 0.5) is 16.3 Å². The zero-order chi connectivity index (χ0) is 29.9. The molecule has 11 nitrogen and oxygen atoms in total. The van der Waals surface area contributed by atoms with Crippen molar-refractivity contribution in [1.29, 1.82) is 0 Å². The molecule has 41 heavy (non-hydrogen) atoms. The molecule has 2 aromatic carbocycles. The van der Waals surface area contributed by atoms with Gasteiger partial charge in [0.15, 0.2) is 9.84 Å². The maximum absolute atomic E-state index is 13.7. The van der Waals surface area contributed by atoms with E-state index in [0.717, 1.165) is 6.26 Å². The van der Waals surface area contributed by atoms with Gasteiger partial charge in [0, 0.05) is 24.0 Å². The van der Waals surface area contributed by atoms with Crippen LogP contribution in [0.5, 0.6) is 0 Å². The Morgan fingerprint density at radius 1 is 1.02 bits per heavy atom. The van der Waals surface area contributed by atoms with E-state index in [2.05, 4.69) is 15.3 Å².